The number of ether oxygens (including phenoxy) is 2. The fourth-order valence-electron chi connectivity index (χ4n) is 1.76. The van der Waals surface area contributed by atoms with Crippen LogP contribution in [-0.2, 0) is 4.79 Å². The van der Waals surface area contributed by atoms with Crippen LogP contribution in [0.15, 0.2) is 27.4 Å². The zero-order valence-electron chi connectivity index (χ0n) is 11.3. The van der Waals surface area contributed by atoms with Crippen molar-refractivity contribution in [1.29, 1.82) is 0 Å². The molecule has 0 bridgehead atoms. The van der Waals surface area contributed by atoms with Crippen LogP contribution in [0, 0.1) is 0 Å². The molecular formula is C14H14O6. The van der Waals surface area contributed by atoms with Crippen LogP contribution in [-0.4, -0.2) is 17.2 Å². The molecule has 0 atom stereocenters. The van der Waals surface area contributed by atoms with Crippen LogP contribution >= 0.6 is 0 Å². The van der Waals surface area contributed by atoms with Gasteiger partial charge >= 0.3 is 11.6 Å². The van der Waals surface area contributed by atoms with Gasteiger partial charge in [0.05, 0.1) is 6.10 Å². The zero-order valence-corrected chi connectivity index (χ0v) is 11.3. The Bertz CT molecular complexity index is 713. The van der Waals surface area contributed by atoms with Crippen LogP contribution in [0.5, 0.6) is 17.2 Å². The van der Waals surface area contributed by atoms with Crippen molar-refractivity contribution >= 4 is 16.9 Å². The standard InChI is InChI=1S/C14H14O6/c1-7(2)18-13-12(19-8(3)15)11-9(16)5-4-6-10(11)20-14(13)17/h4-7,16H,1-3H3. The number of hydrogen-bond acceptors (Lipinski definition) is 6. The van der Waals surface area contributed by atoms with Gasteiger partial charge in [-0.25, -0.2) is 4.79 Å². The average Bonchev–Trinajstić information content (AvgIpc) is 2.32. The lowest BCUT2D eigenvalue weighted by Gasteiger charge is -2.14. The van der Waals surface area contributed by atoms with Gasteiger partial charge < -0.3 is 19.0 Å². The summed E-state index contributed by atoms with van der Waals surface area (Å²) in [6.07, 6.45) is -0.324. The molecule has 2 rings (SSSR count). The van der Waals surface area contributed by atoms with Crippen molar-refractivity contribution in [2.45, 2.75) is 26.9 Å². The predicted octanol–water partition coefficient (Wildman–Crippen LogP) is 2.21. The zero-order chi connectivity index (χ0) is 14.9. The summed E-state index contributed by atoms with van der Waals surface area (Å²) in [5.74, 6) is -1.16. The van der Waals surface area contributed by atoms with Gasteiger partial charge in [0.2, 0.25) is 5.75 Å². The highest BCUT2D eigenvalue weighted by atomic mass is 16.6. The normalized spacial score (nSPS) is 10.8. The number of rotatable bonds is 3. The van der Waals surface area contributed by atoms with Crippen LogP contribution in [0.2, 0.25) is 0 Å². The van der Waals surface area contributed by atoms with Gasteiger partial charge in [0, 0.05) is 6.92 Å². The summed E-state index contributed by atoms with van der Waals surface area (Å²) in [6, 6.07) is 4.40. The molecule has 0 saturated heterocycles. The number of aromatic hydroxyl groups is 1. The summed E-state index contributed by atoms with van der Waals surface area (Å²) in [5.41, 5.74) is -0.657. The van der Waals surface area contributed by atoms with Crippen molar-refractivity contribution in [3.8, 4) is 17.2 Å². The number of carbonyl (C=O) groups excluding carboxylic acids is 1. The Morgan fingerprint density at radius 3 is 2.60 bits per heavy atom. The topological polar surface area (TPSA) is 86.0 Å². The van der Waals surface area contributed by atoms with E-state index < -0.39 is 11.6 Å². The van der Waals surface area contributed by atoms with E-state index >= 15 is 0 Å². The van der Waals surface area contributed by atoms with E-state index in [0.717, 1.165) is 0 Å². The number of phenolic OH excluding ortho intramolecular Hbond substituents is 1. The smallest absolute Gasteiger partial charge is 0.383 e. The van der Waals surface area contributed by atoms with E-state index in [2.05, 4.69) is 0 Å². The summed E-state index contributed by atoms with van der Waals surface area (Å²) in [4.78, 5) is 23.1. The maximum atomic E-state index is 11.9. The SMILES string of the molecule is CC(=O)Oc1c(OC(C)C)c(=O)oc2cccc(O)c12. The molecule has 0 saturated carbocycles. The first-order chi connectivity index (χ1) is 9.40. The summed E-state index contributed by atoms with van der Waals surface area (Å²) in [7, 11) is 0. The predicted molar refractivity (Wildman–Crippen MR) is 71.2 cm³/mol. The first-order valence-electron chi connectivity index (χ1n) is 6.04. The molecule has 0 spiro atoms. The monoisotopic (exact) mass is 278 g/mol. The van der Waals surface area contributed by atoms with Crippen molar-refractivity contribution in [3.05, 3.63) is 28.6 Å². The van der Waals surface area contributed by atoms with E-state index in [1.165, 1.54) is 25.1 Å². The Kier molecular flexibility index (Phi) is 3.65. The van der Waals surface area contributed by atoms with E-state index in [0.29, 0.717) is 0 Å². The highest BCUT2D eigenvalue weighted by Gasteiger charge is 2.22. The molecule has 1 heterocycles. The van der Waals surface area contributed by atoms with E-state index in [4.69, 9.17) is 13.9 Å². The van der Waals surface area contributed by atoms with Gasteiger partial charge in [-0.15, -0.1) is 0 Å². The fourth-order valence-corrected chi connectivity index (χ4v) is 1.76. The molecule has 0 radical (unpaired) electrons. The van der Waals surface area contributed by atoms with Crippen molar-refractivity contribution in [3.63, 3.8) is 0 Å². The lowest BCUT2D eigenvalue weighted by atomic mass is 10.2. The second kappa shape index (κ2) is 5.24. The third-order valence-corrected chi connectivity index (χ3v) is 2.42. The van der Waals surface area contributed by atoms with Gasteiger partial charge in [0.1, 0.15) is 16.7 Å². The number of phenols is 1. The molecular weight excluding hydrogens is 264 g/mol. The minimum Gasteiger partial charge on any atom is -0.507 e. The summed E-state index contributed by atoms with van der Waals surface area (Å²) >= 11 is 0. The number of carbonyl (C=O) groups is 1. The van der Waals surface area contributed by atoms with E-state index in [1.54, 1.807) is 13.8 Å². The summed E-state index contributed by atoms with van der Waals surface area (Å²) in [5, 5.41) is 10.0. The molecule has 20 heavy (non-hydrogen) atoms. The summed E-state index contributed by atoms with van der Waals surface area (Å²) in [6.45, 7) is 4.62. The first kappa shape index (κ1) is 13.9. The minimum atomic E-state index is -0.770. The minimum absolute atomic E-state index is 0.113. The van der Waals surface area contributed by atoms with E-state index in [-0.39, 0.29) is 34.3 Å². The van der Waals surface area contributed by atoms with Crippen molar-refractivity contribution in [2.24, 2.45) is 0 Å². The Morgan fingerprint density at radius 2 is 2.00 bits per heavy atom. The Hall–Kier alpha value is -2.50. The van der Waals surface area contributed by atoms with Gasteiger partial charge in [-0.3, -0.25) is 4.79 Å². The van der Waals surface area contributed by atoms with Crippen LogP contribution < -0.4 is 15.1 Å². The van der Waals surface area contributed by atoms with Gasteiger partial charge in [-0.1, -0.05) is 6.07 Å². The van der Waals surface area contributed by atoms with Crippen molar-refractivity contribution in [2.75, 3.05) is 0 Å². The van der Waals surface area contributed by atoms with Gasteiger partial charge in [-0.05, 0) is 26.0 Å². The second-order valence-corrected chi connectivity index (χ2v) is 4.46. The third kappa shape index (κ3) is 2.59. The van der Waals surface area contributed by atoms with Crippen molar-refractivity contribution < 1.29 is 23.8 Å². The molecule has 0 aliphatic heterocycles. The quantitative estimate of drug-likeness (QED) is 0.684. The van der Waals surface area contributed by atoms with Crippen molar-refractivity contribution in [1.82, 2.24) is 0 Å². The van der Waals surface area contributed by atoms with E-state index in [1.807, 2.05) is 0 Å². The van der Waals surface area contributed by atoms with Gasteiger partial charge in [0.15, 0.2) is 5.75 Å². The van der Waals surface area contributed by atoms with Crippen LogP contribution in [0.25, 0.3) is 11.0 Å². The molecule has 0 aliphatic carbocycles. The maximum absolute atomic E-state index is 11.9. The first-order valence-corrected chi connectivity index (χ1v) is 6.04. The van der Waals surface area contributed by atoms with Crippen LogP contribution in [0.3, 0.4) is 0 Å². The fraction of sp³-hybridized carbons (Fsp3) is 0.286. The Balaban J connectivity index is 2.82. The molecule has 6 nitrogen and oxygen atoms in total. The largest absolute Gasteiger partial charge is 0.507 e. The summed E-state index contributed by atoms with van der Waals surface area (Å²) < 4.78 is 15.4. The highest BCUT2D eigenvalue weighted by molar-refractivity contribution is 5.93. The lowest BCUT2D eigenvalue weighted by molar-refractivity contribution is -0.131. The van der Waals surface area contributed by atoms with Crippen LogP contribution in [0.1, 0.15) is 20.8 Å². The van der Waals surface area contributed by atoms with Gasteiger partial charge in [0.25, 0.3) is 0 Å². The Morgan fingerprint density at radius 1 is 1.30 bits per heavy atom. The second-order valence-electron chi connectivity index (χ2n) is 4.46. The Labute approximate surface area is 114 Å². The molecule has 0 unspecified atom stereocenters. The molecule has 1 aromatic heterocycles. The molecule has 2 aromatic rings. The molecule has 1 aromatic carbocycles. The number of esters is 1. The van der Waals surface area contributed by atoms with E-state index in [9.17, 15) is 14.7 Å². The van der Waals surface area contributed by atoms with Gasteiger partial charge in [-0.2, -0.15) is 0 Å². The molecule has 1 N–H and O–H groups in total. The lowest BCUT2D eigenvalue weighted by Crippen LogP contribution is -2.16. The average molecular weight is 278 g/mol. The molecule has 0 fully saturated rings. The number of fused-ring (bicyclic) bond motifs is 1. The molecule has 0 aliphatic rings. The third-order valence-electron chi connectivity index (χ3n) is 2.42. The maximum Gasteiger partial charge on any atom is 0.383 e. The number of benzene rings is 1. The molecule has 106 valence electrons. The van der Waals surface area contributed by atoms with Crippen LogP contribution in [0.4, 0.5) is 0 Å². The number of hydrogen-bond donors (Lipinski definition) is 1. The highest BCUT2D eigenvalue weighted by Crippen LogP contribution is 2.38. The molecule has 6 heteroatoms. The molecule has 0 amide bonds.